The van der Waals surface area contributed by atoms with E-state index in [2.05, 4.69) is 5.32 Å². The first-order valence-electron chi connectivity index (χ1n) is 10.1. The zero-order valence-electron chi connectivity index (χ0n) is 17.8. The second-order valence-electron chi connectivity index (χ2n) is 7.37. The van der Waals surface area contributed by atoms with E-state index >= 15 is 0 Å². The fourth-order valence-corrected chi connectivity index (χ4v) is 4.67. The first-order chi connectivity index (χ1) is 16.1. The van der Waals surface area contributed by atoms with Crippen molar-refractivity contribution in [1.82, 2.24) is 14.5 Å². The first kappa shape index (κ1) is 24.7. The fraction of sp³-hybridized carbons (Fsp3) is 0.300. The van der Waals surface area contributed by atoms with Crippen molar-refractivity contribution >= 4 is 33.2 Å². The smallest absolute Gasteiger partial charge is 0.269 e. The van der Waals surface area contributed by atoms with Gasteiger partial charge in [-0.2, -0.15) is 4.31 Å². The lowest BCUT2D eigenvalue weighted by atomic mass is 10.1. The van der Waals surface area contributed by atoms with Crippen molar-refractivity contribution < 1.29 is 27.9 Å². The SMILES string of the molecule is O=C(NCCS(=O)(=O)N1CCN(C(=O)c2ccc([N+](=O)[O-])cc2)CC1)c1ccc([N+](=O)[O-])cc1. The molecule has 2 aromatic rings. The number of carbonyl (C=O) groups is 2. The first-order valence-corrected chi connectivity index (χ1v) is 11.7. The van der Waals surface area contributed by atoms with Gasteiger partial charge >= 0.3 is 0 Å². The lowest BCUT2D eigenvalue weighted by Crippen LogP contribution is -2.51. The van der Waals surface area contributed by atoms with Crippen molar-refractivity contribution in [2.45, 2.75) is 0 Å². The normalized spacial score (nSPS) is 14.4. The van der Waals surface area contributed by atoms with Crippen LogP contribution in [-0.4, -0.2) is 77.8 Å². The van der Waals surface area contributed by atoms with Gasteiger partial charge in [0, 0.05) is 68.1 Å². The van der Waals surface area contributed by atoms with Gasteiger partial charge in [-0.25, -0.2) is 8.42 Å². The molecular formula is C20H21N5O8S. The molecule has 1 heterocycles. The number of nitrogens with one attached hydrogen (secondary N) is 1. The highest BCUT2D eigenvalue weighted by molar-refractivity contribution is 7.89. The third kappa shape index (κ3) is 5.90. The Morgan fingerprint density at radius 1 is 0.824 bits per heavy atom. The van der Waals surface area contributed by atoms with Gasteiger partial charge in [0.15, 0.2) is 0 Å². The molecule has 3 rings (SSSR count). The van der Waals surface area contributed by atoms with Gasteiger partial charge in [0.1, 0.15) is 0 Å². The second kappa shape index (κ2) is 10.4. The summed E-state index contributed by atoms with van der Waals surface area (Å²) in [6, 6.07) is 10.1. The molecule has 1 N–H and O–H groups in total. The van der Waals surface area contributed by atoms with Gasteiger partial charge in [-0.3, -0.25) is 29.8 Å². The average Bonchev–Trinajstić information content (AvgIpc) is 2.83. The van der Waals surface area contributed by atoms with Gasteiger partial charge in [0.05, 0.1) is 15.6 Å². The maximum Gasteiger partial charge on any atom is 0.269 e. The highest BCUT2D eigenvalue weighted by Gasteiger charge is 2.29. The number of sulfonamides is 1. The number of nitro groups is 2. The predicted octanol–water partition coefficient (Wildman–Crippen LogP) is 1.02. The van der Waals surface area contributed by atoms with Crippen molar-refractivity contribution in [3.63, 3.8) is 0 Å². The maximum absolute atomic E-state index is 12.6. The number of hydrogen-bond acceptors (Lipinski definition) is 8. The summed E-state index contributed by atoms with van der Waals surface area (Å²) in [4.78, 5) is 46.4. The Hall–Kier alpha value is -3.91. The van der Waals surface area contributed by atoms with E-state index < -0.39 is 25.8 Å². The Morgan fingerprint density at radius 2 is 1.29 bits per heavy atom. The molecule has 1 aliphatic rings. The van der Waals surface area contributed by atoms with E-state index in [1.165, 1.54) is 57.7 Å². The number of carbonyl (C=O) groups excluding carboxylic acids is 2. The number of non-ortho nitro benzene ring substituents is 2. The van der Waals surface area contributed by atoms with Gasteiger partial charge in [0.25, 0.3) is 23.2 Å². The molecule has 1 saturated heterocycles. The summed E-state index contributed by atoms with van der Waals surface area (Å²) in [6.07, 6.45) is 0. The van der Waals surface area contributed by atoms with Crippen LogP contribution in [0.15, 0.2) is 48.5 Å². The molecule has 0 spiro atoms. The molecule has 34 heavy (non-hydrogen) atoms. The summed E-state index contributed by atoms with van der Waals surface area (Å²) in [5.41, 5.74) is 0.149. The van der Waals surface area contributed by atoms with Crippen molar-refractivity contribution in [2.75, 3.05) is 38.5 Å². The van der Waals surface area contributed by atoms with Crippen LogP contribution >= 0.6 is 0 Å². The van der Waals surface area contributed by atoms with Crippen LogP contribution in [0, 0.1) is 20.2 Å². The van der Waals surface area contributed by atoms with Crippen LogP contribution in [0.25, 0.3) is 0 Å². The minimum absolute atomic E-state index is 0.0807. The van der Waals surface area contributed by atoms with Crippen LogP contribution in [0.5, 0.6) is 0 Å². The number of nitrogens with zero attached hydrogens (tertiary/aromatic N) is 4. The van der Waals surface area contributed by atoms with E-state index in [0.29, 0.717) is 0 Å². The molecule has 0 aromatic heterocycles. The predicted molar refractivity (Wildman–Crippen MR) is 120 cm³/mol. The summed E-state index contributed by atoms with van der Waals surface area (Å²) in [7, 11) is -3.69. The van der Waals surface area contributed by atoms with E-state index in [1.807, 2.05) is 0 Å². The van der Waals surface area contributed by atoms with Crippen LogP contribution in [0.2, 0.25) is 0 Å². The fourth-order valence-electron chi connectivity index (χ4n) is 3.34. The number of hydrogen-bond donors (Lipinski definition) is 1. The minimum atomic E-state index is -3.69. The Balaban J connectivity index is 1.48. The van der Waals surface area contributed by atoms with E-state index in [4.69, 9.17) is 0 Å². The van der Waals surface area contributed by atoms with Gasteiger partial charge < -0.3 is 10.2 Å². The lowest BCUT2D eigenvalue weighted by Gasteiger charge is -2.34. The van der Waals surface area contributed by atoms with E-state index in [-0.39, 0.29) is 66.9 Å². The molecule has 0 atom stereocenters. The Kier molecular flexibility index (Phi) is 7.53. The van der Waals surface area contributed by atoms with Crippen molar-refractivity contribution in [3.05, 3.63) is 79.9 Å². The summed E-state index contributed by atoms with van der Waals surface area (Å²) >= 11 is 0. The molecule has 13 nitrogen and oxygen atoms in total. The summed E-state index contributed by atoms with van der Waals surface area (Å²) < 4.78 is 26.4. The summed E-state index contributed by atoms with van der Waals surface area (Å²) in [5.74, 6) is -1.24. The van der Waals surface area contributed by atoms with E-state index in [0.717, 1.165) is 0 Å². The summed E-state index contributed by atoms with van der Waals surface area (Å²) in [5, 5.41) is 23.9. The topological polar surface area (TPSA) is 173 Å². The number of rotatable bonds is 8. The Bertz CT molecular complexity index is 1190. The zero-order valence-corrected chi connectivity index (χ0v) is 18.6. The van der Waals surface area contributed by atoms with Crippen molar-refractivity contribution in [3.8, 4) is 0 Å². The molecule has 2 amide bonds. The molecule has 0 radical (unpaired) electrons. The molecule has 0 saturated carbocycles. The molecule has 0 aliphatic carbocycles. The summed E-state index contributed by atoms with van der Waals surface area (Å²) in [6.45, 7) is 0.323. The van der Waals surface area contributed by atoms with Gasteiger partial charge in [-0.1, -0.05) is 0 Å². The second-order valence-corrected chi connectivity index (χ2v) is 9.46. The van der Waals surface area contributed by atoms with Crippen LogP contribution < -0.4 is 5.32 Å². The molecule has 180 valence electrons. The average molecular weight is 491 g/mol. The third-order valence-electron chi connectivity index (χ3n) is 5.23. The highest BCUT2D eigenvalue weighted by atomic mass is 32.2. The van der Waals surface area contributed by atoms with E-state index in [1.54, 1.807) is 0 Å². The molecule has 1 fully saturated rings. The van der Waals surface area contributed by atoms with Crippen LogP contribution in [0.3, 0.4) is 0 Å². The number of piperazine rings is 1. The number of amides is 2. The molecule has 0 unspecified atom stereocenters. The molecule has 2 aromatic carbocycles. The monoisotopic (exact) mass is 491 g/mol. The largest absolute Gasteiger partial charge is 0.351 e. The highest BCUT2D eigenvalue weighted by Crippen LogP contribution is 2.16. The third-order valence-corrected chi connectivity index (χ3v) is 7.10. The van der Waals surface area contributed by atoms with Gasteiger partial charge in [0.2, 0.25) is 10.0 Å². The van der Waals surface area contributed by atoms with Gasteiger partial charge in [-0.15, -0.1) is 0 Å². The Labute approximate surface area is 194 Å². The van der Waals surface area contributed by atoms with Crippen LogP contribution in [0.1, 0.15) is 20.7 Å². The molecule has 14 heteroatoms. The van der Waals surface area contributed by atoms with Crippen LogP contribution in [0.4, 0.5) is 11.4 Å². The maximum atomic E-state index is 12.6. The van der Waals surface area contributed by atoms with Crippen LogP contribution in [-0.2, 0) is 10.0 Å². The lowest BCUT2D eigenvalue weighted by molar-refractivity contribution is -0.385. The molecular weight excluding hydrogens is 470 g/mol. The van der Waals surface area contributed by atoms with Crippen molar-refractivity contribution in [2.24, 2.45) is 0 Å². The Morgan fingerprint density at radius 3 is 1.76 bits per heavy atom. The minimum Gasteiger partial charge on any atom is -0.351 e. The quantitative estimate of drug-likeness (QED) is 0.421. The van der Waals surface area contributed by atoms with Crippen molar-refractivity contribution in [1.29, 1.82) is 0 Å². The molecule has 0 bridgehead atoms. The van der Waals surface area contributed by atoms with Gasteiger partial charge in [-0.05, 0) is 24.3 Å². The standard InChI is InChI=1S/C20H21N5O8S/c26-19(15-1-5-17(6-2-15)24(28)29)21-9-14-34(32,33)23-12-10-22(11-13-23)20(27)16-3-7-18(8-4-16)25(30)31/h1-8H,9-14H2,(H,21,26). The number of benzene rings is 2. The zero-order chi connectivity index (χ0) is 24.9. The van der Waals surface area contributed by atoms with E-state index in [9.17, 15) is 38.2 Å². The number of nitro benzene ring substituents is 2. The molecule has 1 aliphatic heterocycles.